The Morgan fingerprint density at radius 1 is 1.06 bits per heavy atom. The summed E-state index contributed by atoms with van der Waals surface area (Å²) in [6.07, 6.45) is 4.54. The van der Waals surface area contributed by atoms with Crippen molar-refractivity contribution >= 4 is 39.8 Å². The third-order valence-corrected chi connectivity index (χ3v) is 7.10. The zero-order valence-electron chi connectivity index (χ0n) is 17.9. The number of hydrogen-bond acceptors (Lipinski definition) is 8. The number of piperazine rings is 1. The molecule has 1 aromatic carbocycles. The van der Waals surface area contributed by atoms with Crippen LogP contribution in [-0.4, -0.2) is 71.7 Å². The van der Waals surface area contributed by atoms with Crippen LogP contribution in [-0.2, 0) is 10.0 Å². The summed E-state index contributed by atoms with van der Waals surface area (Å²) < 4.78 is 27.3. The molecule has 10 nitrogen and oxygen atoms in total. The Kier molecular flexibility index (Phi) is 7.59. The average Bonchev–Trinajstić information content (AvgIpc) is 2.80. The number of hydrogen-bond donors (Lipinski definition) is 2. The van der Waals surface area contributed by atoms with Crippen LogP contribution >= 0.6 is 12.4 Å². The van der Waals surface area contributed by atoms with Gasteiger partial charge < -0.3 is 16.0 Å². The second kappa shape index (κ2) is 10.2. The number of nitrogens with zero attached hydrogens (tertiary/aromatic N) is 5. The summed E-state index contributed by atoms with van der Waals surface area (Å²) in [5, 5.41) is 2.67. The lowest BCUT2D eigenvalue weighted by atomic mass is 10.1. The molecular weight excluding hydrogens is 466 g/mol. The lowest BCUT2D eigenvalue weighted by Gasteiger charge is -2.31. The van der Waals surface area contributed by atoms with Gasteiger partial charge in [-0.1, -0.05) is 12.1 Å². The van der Waals surface area contributed by atoms with E-state index in [9.17, 15) is 13.2 Å². The maximum Gasteiger partial charge on any atom is 0.278 e. The van der Waals surface area contributed by atoms with Gasteiger partial charge in [0.15, 0.2) is 11.5 Å². The summed E-state index contributed by atoms with van der Waals surface area (Å²) >= 11 is 0. The van der Waals surface area contributed by atoms with Gasteiger partial charge in [-0.3, -0.25) is 9.78 Å². The predicted octanol–water partition coefficient (Wildman–Crippen LogP) is 1.73. The molecule has 0 aliphatic carbocycles. The van der Waals surface area contributed by atoms with Crippen molar-refractivity contribution in [2.75, 3.05) is 44.3 Å². The average molecular weight is 490 g/mol. The highest BCUT2D eigenvalue weighted by Crippen LogP contribution is 2.23. The fraction of sp³-hybridized carbons (Fsp3) is 0.238. The first-order chi connectivity index (χ1) is 15.3. The van der Waals surface area contributed by atoms with Crippen LogP contribution in [0.3, 0.4) is 0 Å². The Labute approximate surface area is 198 Å². The Balaban J connectivity index is 0.00000306. The number of pyridine rings is 1. The van der Waals surface area contributed by atoms with Crippen LogP contribution in [0.2, 0.25) is 0 Å². The maximum atomic E-state index is 12.9. The van der Waals surface area contributed by atoms with E-state index in [0.717, 1.165) is 0 Å². The molecule has 33 heavy (non-hydrogen) atoms. The van der Waals surface area contributed by atoms with Crippen molar-refractivity contribution in [3.05, 3.63) is 60.7 Å². The number of amides is 1. The fourth-order valence-corrected chi connectivity index (χ4v) is 4.73. The third kappa shape index (κ3) is 5.45. The van der Waals surface area contributed by atoms with Gasteiger partial charge in [0.25, 0.3) is 5.91 Å². The number of nitrogen functional groups attached to an aromatic ring is 1. The highest BCUT2D eigenvalue weighted by molar-refractivity contribution is 7.89. The first-order valence-electron chi connectivity index (χ1n) is 9.97. The first-order valence-corrected chi connectivity index (χ1v) is 11.4. The molecule has 0 unspecified atom stereocenters. The van der Waals surface area contributed by atoms with E-state index in [2.05, 4.69) is 25.2 Å². The zero-order chi connectivity index (χ0) is 22.7. The van der Waals surface area contributed by atoms with Crippen LogP contribution in [0.4, 0.5) is 11.5 Å². The van der Waals surface area contributed by atoms with Gasteiger partial charge in [0.05, 0.1) is 28.7 Å². The van der Waals surface area contributed by atoms with Crippen molar-refractivity contribution in [1.29, 1.82) is 0 Å². The molecule has 1 aliphatic heterocycles. The van der Waals surface area contributed by atoms with E-state index in [1.807, 2.05) is 7.05 Å². The molecule has 0 saturated carbocycles. The second-order valence-corrected chi connectivity index (χ2v) is 9.35. The van der Waals surface area contributed by atoms with Gasteiger partial charge in [0.1, 0.15) is 0 Å². The van der Waals surface area contributed by atoms with Gasteiger partial charge in [-0.05, 0) is 31.3 Å². The first kappa shape index (κ1) is 24.5. The minimum absolute atomic E-state index is 0. The summed E-state index contributed by atoms with van der Waals surface area (Å²) in [5.41, 5.74) is 7.35. The number of carbonyl (C=O) groups excluding carboxylic acids is 1. The van der Waals surface area contributed by atoms with Gasteiger partial charge in [-0.2, -0.15) is 4.31 Å². The summed E-state index contributed by atoms with van der Waals surface area (Å²) in [4.78, 5) is 27.3. The van der Waals surface area contributed by atoms with E-state index in [0.29, 0.717) is 43.1 Å². The summed E-state index contributed by atoms with van der Waals surface area (Å²) in [6, 6.07) is 9.75. The van der Waals surface area contributed by atoms with Crippen molar-refractivity contribution in [2.45, 2.75) is 4.90 Å². The smallest absolute Gasteiger partial charge is 0.278 e. The number of anilines is 2. The number of carbonyl (C=O) groups is 1. The van der Waals surface area contributed by atoms with E-state index in [1.165, 1.54) is 28.8 Å². The number of benzene rings is 1. The zero-order valence-corrected chi connectivity index (χ0v) is 19.5. The second-order valence-electron chi connectivity index (χ2n) is 7.42. The maximum absolute atomic E-state index is 12.9. The molecule has 0 bridgehead atoms. The van der Waals surface area contributed by atoms with Crippen molar-refractivity contribution in [3.8, 4) is 11.3 Å². The van der Waals surface area contributed by atoms with Gasteiger partial charge in [-0.15, -0.1) is 12.4 Å². The predicted molar refractivity (Wildman–Crippen MR) is 128 cm³/mol. The van der Waals surface area contributed by atoms with Crippen LogP contribution < -0.4 is 11.1 Å². The summed E-state index contributed by atoms with van der Waals surface area (Å²) in [5.74, 6) is -0.525. The summed E-state index contributed by atoms with van der Waals surface area (Å²) in [6.45, 7) is 2.31. The molecule has 1 fully saturated rings. The van der Waals surface area contributed by atoms with Crippen LogP contribution in [0.5, 0.6) is 0 Å². The lowest BCUT2D eigenvalue weighted by Crippen LogP contribution is -2.46. The number of aromatic nitrogens is 3. The SMILES string of the molecule is CN1CCN(S(=O)(=O)c2ccc(-c3cnc(N)c(C(=O)Nc4cccnc4)n3)cc2)CC1.Cl. The highest BCUT2D eigenvalue weighted by Gasteiger charge is 2.27. The number of halogens is 1. The van der Waals surface area contributed by atoms with E-state index < -0.39 is 15.9 Å². The number of rotatable bonds is 5. The Morgan fingerprint density at radius 3 is 2.39 bits per heavy atom. The molecular formula is C21H24ClN7O3S. The molecule has 12 heteroatoms. The number of nitrogens with one attached hydrogen (secondary N) is 1. The molecule has 3 heterocycles. The van der Waals surface area contributed by atoms with Crippen LogP contribution in [0, 0.1) is 0 Å². The quantitative estimate of drug-likeness (QED) is 0.553. The monoisotopic (exact) mass is 489 g/mol. The van der Waals surface area contributed by atoms with E-state index in [-0.39, 0.29) is 28.8 Å². The number of likely N-dealkylation sites (N-methyl/N-ethyl adjacent to an activating group) is 1. The molecule has 1 amide bonds. The fourth-order valence-electron chi connectivity index (χ4n) is 3.31. The lowest BCUT2D eigenvalue weighted by molar-refractivity contribution is 0.102. The largest absolute Gasteiger partial charge is 0.382 e. The molecule has 4 rings (SSSR count). The van der Waals surface area contributed by atoms with E-state index in [4.69, 9.17) is 5.73 Å². The summed E-state index contributed by atoms with van der Waals surface area (Å²) in [7, 11) is -1.60. The van der Waals surface area contributed by atoms with Gasteiger partial charge in [0, 0.05) is 37.9 Å². The van der Waals surface area contributed by atoms with E-state index in [1.54, 1.807) is 30.5 Å². The van der Waals surface area contributed by atoms with Gasteiger partial charge in [0.2, 0.25) is 10.0 Å². The molecule has 2 aromatic heterocycles. The Bertz CT molecular complexity index is 1220. The molecule has 0 spiro atoms. The van der Waals surface area contributed by atoms with Crippen molar-refractivity contribution < 1.29 is 13.2 Å². The third-order valence-electron chi connectivity index (χ3n) is 5.19. The topological polar surface area (TPSA) is 134 Å². The van der Waals surface area contributed by atoms with E-state index >= 15 is 0 Å². The molecule has 3 N–H and O–H groups in total. The van der Waals surface area contributed by atoms with Crippen molar-refractivity contribution in [1.82, 2.24) is 24.2 Å². The van der Waals surface area contributed by atoms with Gasteiger partial charge in [-0.25, -0.2) is 18.4 Å². The minimum atomic E-state index is -3.57. The molecule has 1 saturated heterocycles. The van der Waals surface area contributed by atoms with Crippen LogP contribution in [0.15, 0.2) is 59.9 Å². The molecule has 0 atom stereocenters. The van der Waals surface area contributed by atoms with Crippen molar-refractivity contribution in [2.24, 2.45) is 0 Å². The van der Waals surface area contributed by atoms with Gasteiger partial charge >= 0.3 is 0 Å². The molecule has 3 aromatic rings. The Hall–Kier alpha value is -3.12. The Morgan fingerprint density at radius 2 is 1.76 bits per heavy atom. The molecule has 174 valence electrons. The highest BCUT2D eigenvalue weighted by atomic mass is 35.5. The van der Waals surface area contributed by atoms with Crippen LogP contribution in [0.25, 0.3) is 11.3 Å². The van der Waals surface area contributed by atoms with Crippen LogP contribution in [0.1, 0.15) is 10.5 Å². The number of nitrogens with two attached hydrogens (primary N) is 1. The normalized spacial score (nSPS) is 14.9. The molecule has 0 radical (unpaired) electrons. The standard InChI is InChI=1S/C21H23N7O3S.ClH/c1-27-9-11-28(12-10-27)32(30,31)17-6-4-15(5-7-17)18-14-24-20(22)19(26-18)21(29)25-16-3-2-8-23-13-16;/h2-8,13-14H,9-12H2,1H3,(H2,22,24)(H,25,29);1H. The molecule has 1 aliphatic rings. The van der Waals surface area contributed by atoms with Crippen molar-refractivity contribution in [3.63, 3.8) is 0 Å². The number of sulfonamides is 1. The minimum Gasteiger partial charge on any atom is -0.382 e.